The molecule has 5 nitrogen and oxygen atoms in total. The van der Waals surface area contributed by atoms with Gasteiger partial charge >= 0.3 is 5.97 Å². The molecule has 1 aromatic carbocycles. The number of likely N-dealkylation sites (tertiary alicyclic amines) is 1. The lowest BCUT2D eigenvalue weighted by molar-refractivity contribution is 0.0690. The summed E-state index contributed by atoms with van der Waals surface area (Å²) in [5.74, 6) is -1.02. The molecule has 1 aliphatic rings. The Morgan fingerprint density at radius 1 is 1.33 bits per heavy atom. The van der Waals surface area contributed by atoms with Crippen molar-refractivity contribution in [2.24, 2.45) is 0 Å². The average molecular weight is 306 g/mol. The number of hydrogen-bond acceptors (Lipinski definition) is 3. The minimum atomic E-state index is -1.02. The predicted molar refractivity (Wildman–Crippen MR) is 80.5 cm³/mol. The summed E-state index contributed by atoms with van der Waals surface area (Å²) < 4.78 is 0. The van der Waals surface area contributed by atoms with Crippen LogP contribution in [0.5, 0.6) is 0 Å². The molecule has 110 valence electrons. The Bertz CT molecular complexity index is 663. The lowest BCUT2D eigenvalue weighted by atomic mass is 10.1. The summed E-state index contributed by atoms with van der Waals surface area (Å²) in [5.41, 5.74) is 2.56. The number of aromatic amines is 1. The van der Waals surface area contributed by atoms with Gasteiger partial charge in [-0.15, -0.1) is 0 Å². The third-order valence-electron chi connectivity index (χ3n) is 3.75. The molecule has 0 radical (unpaired) electrons. The molecular weight excluding hydrogens is 290 g/mol. The van der Waals surface area contributed by atoms with E-state index in [0.717, 1.165) is 30.8 Å². The normalized spacial score (nSPS) is 15.5. The van der Waals surface area contributed by atoms with Crippen molar-refractivity contribution in [1.29, 1.82) is 0 Å². The van der Waals surface area contributed by atoms with Crippen molar-refractivity contribution in [3.8, 4) is 11.3 Å². The van der Waals surface area contributed by atoms with Crippen LogP contribution in [0.2, 0.25) is 5.02 Å². The van der Waals surface area contributed by atoms with Crippen LogP contribution >= 0.6 is 11.6 Å². The second-order valence-electron chi connectivity index (χ2n) is 5.26. The highest BCUT2D eigenvalue weighted by atomic mass is 35.5. The topological polar surface area (TPSA) is 69.2 Å². The Balaban J connectivity index is 1.80. The van der Waals surface area contributed by atoms with Crippen molar-refractivity contribution in [3.63, 3.8) is 0 Å². The van der Waals surface area contributed by atoms with Gasteiger partial charge in [0.2, 0.25) is 0 Å². The number of aromatic carboxylic acids is 1. The number of H-pyrrole nitrogens is 1. The summed E-state index contributed by atoms with van der Waals surface area (Å²) in [4.78, 5) is 13.2. The van der Waals surface area contributed by atoms with Crippen LogP contribution in [0.25, 0.3) is 11.3 Å². The predicted octanol–water partition coefficient (Wildman–Crippen LogP) is 3.02. The Labute approximate surface area is 127 Å². The maximum Gasteiger partial charge on any atom is 0.353 e. The molecule has 0 unspecified atom stereocenters. The van der Waals surface area contributed by atoms with Crippen LogP contribution < -0.4 is 0 Å². The molecule has 0 atom stereocenters. The van der Waals surface area contributed by atoms with E-state index in [9.17, 15) is 4.79 Å². The number of aromatic nitrogens is 2. The molecule has 0 aliphatic carbocycles. The molecule has 0 saturated carbocycles. The van der Waals surface area contributed by atoms with Crippen LogP contribution in [-0.2, 0) is 6.54 Å². The van der Waals surface area contributed by atoms with E-state index in [0.29, 0.717) is 10.7 Å². The maximum absolute atomic E-state index is 10.9. The molecule has 0 spiro atoms. The first-order chi connectivity index (χ1) is 10.1. The molecule has 2 aromatic rings. The number of rotatable bonds is 4. The van der Waals surface area contributed by atoms with Gasteiger partial charge in [-0.3, -0.25) is 10.00 Å². The van der Waals surface area contributed by atoms with Crippen molar-refractivity contribution in [1.82, 2.24) is 15.1 Å². The maximum atomic E-state index is 10.9. The highest BCUT2D eigenvalue weighted by Crippen LogP contribution is 2.26. The fourth-order valence-corrected chi connectivity index (χ4v) is 2.84. The molecule has 3 rings (SSSR count). The van der Waals surface area contributed by atoms with E-state index in [1.165, 1.54) is 18.9 Å². The second-order valence-corrected chi connectivity index (χ2v) is 5.67. The number of nitrogens with one attached hydrogen (secondary N) is 1. The van der Waals surface area contributed by atoms with Gasteiger partial charge in [-0.1, -0.05) is 23.7 Å². The highest BCUT2D eigenvalue weighted by Gasteiger charge is 2.15. The number of benzene rings is 1. The van der Waals surface area contributed by atoms with Crippen LogP contribution in [0.1, 0.15) is 28.9 Å². The van der Waals surface area contributed by atoms with Gasteiger partial charge in [0.1, 0.15) is 5.69 Å². The Morgan fingerprint density at radius 2 is 2.10 bits per heavy atom. The summed E-state index contributed by atoms with van der Waals surface area (Å²) in [5, 5.41) is 16.1. The van der Waals surface area contributed by atoms with E-state index in [2.05, 4.69) is 15.1 Å². The van der Waals surface area contributed by atoms with Crippen LogP contribution in [0.4, 0.5) is 0 Å². The zero-order valence-corrected chi connectivity index (χ0v) is 12.2. The molecule has 1 aromatic heterocycles. The van der Waals surface area contributed by atoms with Crippen LogP contribution in [0, 0.1) is 0 Å². The Hall–Kier alpha value is -1.85. The molecule has 0 bridgehead atoms. The third-order valence-corrected chi connectivity index (χ3v) is 4.10. The largest absolute Gasteiger partial charge is 0.477 e. The molecule has 2 N–H and O–H groups in total. The summed E-state index contributed by atoms with van der Waals surface area (Å²) in [7, 11) is 0. The quantitative estimate of drug-likeness (QED) is 0.911. The minimum absolute atomic E-state index is 0.0715. The van der Waals surface area contributed by atoms with E-state index < -0.39 is 5.97 Å². The fraction of sp³-hybridized carbons (Fsp3) is 0.333. The zero-order chi connectivity index (χ0) is 14.8. The van der Waals surface area contributed by atoms with Crippen molar-refractivity contribution in [3.05, 3.63) is 40.5 Å². The van der Waals surface area contributed by atoms with E-state index in [4.69, 9.17) is 16.7 Å². The Morgan fingerprint density at radius 3 is 2.71 bits per heavy atom. The van der Waals surface area contributed by atoms with Gasteiger partial charge in [-0.05, 0) is 43.6 Å². The highest BCUT2D eigenvalue weighted by molar-refractivity contribution is 6.31. The van der Waals surface area contributed by atoms with Gasteiger partial charge < -0.3 is 5.11 Å². The smallest absolute Gasteiger partial charge is 0.353 e. The summed E-state index contributed by atoms with van der Waals surface area (Å²) in [6, 6.07) is 7.27. The van der Waals surface area contributed by atoms with Crippen molar-refractivity contribution in [2.45, 2.75) is 19.4 Å². The number of carboxylic acid groups (broad SMARTS) is 1. The van der Waals surface area contributed by atoms with Gasteiger partial charge in [-0.2, -0.15) is 5.10 Å². The molecule has 0 amide bonds. The van der Waals surface area contributed by atoms with Crippen molar-refractivity contribution < 1.29 is 9.90 Å². The number of nitrogens with zero attached hydrogens (tertiary/aromatic N) is 2. The first kappa shape index (κ1) is 14.1. The van der Waals surface area contributed by atoms with Crippen LogP contribution in [-0.4, -0.2) is 39.3 Å². The van der Waals surface area contributed by atoms with Crippen molar-refractivity contribution in [2.75, 3.05) is 13.1 Å². The molecule has 1 saturated heterocycles. The first-order valence-electron chi connectivity index (χ1n) is 6.93. The van der Waals surface area contributed by atoms with Gasteiger partial charge in [0.05, 0.1) is 5.69 Å². The number of hydrogen-bond donors (Lipinski definition) is 2. The van der Waals surface area contributed by atoms with Gasteiger partial charge in [0.25, 0.3) is 0 Å². The molecular formula is C15H16ClN3O2. The number of carbonyl (C=O) groups is 1. The molecule has 2 heterocycles. The summed E-state index contributed by atoms with van der Waals surface area (Å²) in [6.07, 6.45) is 2.50. The van der Waals surface area contributed by atoms with E-state index in [-0.39, 0.29) is 5.69 Å². The number of halogens is 1. The van der Waals surface area contributed by atoms with Gasteiger partial charge in [-0.25, -0.2) is 4.79 Å². The Kier molecular flexibility index (Phi) is 3.94. The van der Waals surface area contributed by atoms with E-state index in [1.807, 2.05) is 18.2 Å². The standard InChI is InChI=1S/C15H16ClN3O2/c16-12-7-10(13-8-14(15(20)21)18-17-13)3-4-11(12)9-19-5-1-2-6-19/h3-4,7-8H,1-2,5-6,9H2,(H,17,18)(H,20,21). The molecule has 1 fully saturated rings. The molecule has 6 heteroatoms. The van der Waals surface area contributed by atoms with E-state index in [1.54, 1.807) is 0 Å². The summed E-state index contributed by atoms with van der Waals surface area (Å²) >= 11 is 6.35. The molecule has 21 heavy (non-hydrogen) atoms. The lowest BCUT2D eigenvalue weighted by Crippen LogP contribution is -2.18. The lowest BCUT2D eigenvalue weighted by Gasteiger charge is -2.15. The fourth-order valence-electron chi connectivity index (χ4n) is 2.60. The first-order valence-corrected chi connectivity index (χ1v) is 7.31. The second kappa shape index (κ2) is 5.87. The zero-order valence-electron chi connectivity index (χ0n) is 11.5. The van der Waals surface area contributed by atoms with Crippen LogP contribution in [0.3, 0.4) is 0 Å². The minimum Gasteiger partial charge on any atom is -0.477 e. The van der Waals surface area contributed by atoms with Gasteiger partial charge in [0.15, 0.2) is 0 Å². The van der Waals surface area contributed by atoms with Gasteiger partial charge in [0, 0.05) is 17.1 Å². The average Bonchev–Trinajstić information content (AvgIpc) is 3.12. The SMILES string of the molecule is O=C(O)c1cc(-c2ccc(CN3CCCC3)c(Cl)c2)n[nH]1. The van der Waals surface area contributed by atoms with E-state index >= 15 is 0 Å². The van der Waals surface area contributed by atoms with Crippen molar-refractivity contribution >= 4 is 17.6 Å². The van der Waals surface area contributed by atoms with Crippen LogP contribution in [0.15, 0.2) is 24.3 Å². The summed E-state index contributed by atoms with van der Waals surface area (Å²) in [6.45, 7) is 3.11. The monoisotopic (exact) mass is 305 g/mol. The third kappa shape index (κ3) is 3.09. The molecule has 1 aliphatic heterocycles. The number of carboxylic acids is 1.